The van der Waals surface area contributed by atoms with Crippen molar-refractivity contribution in [2.75, 3.05) is 11.4 Å². The van der Waals surface area contributed by atoms with E-state index in [-0.39, 0.29) is 18.9 Å². The Morgan fingerprint density at radius 1 is 1.16 bits per heavy atom. The van der Waals surface area contributed by atoms with Gasteiger partial charge in [0.1, 0.15) is 6.61 Å². The molecule has 1 amide bonds. The molecule has 1 aliphatic heterocycles. The van der Waals surface area contributed by atoms with Crippen LogP contribution < -0.4 is 4.90 Å². The Morgan fingerprint density at radius 3 is 2.44 bits per heavy atom. The van der Waals surface area contributed by atoms with E-state index in [1.54, 1.807) is 23.1 Å². The molecule has 3 rings (SSSR count). The molecule has 1 fully saturated rings. The zero-order chi connectivity index (χ0) is 18.0. The van der Waals surface area contributed by atoms with E-state index in [9.17, 15) is 9.59 Å². The van der Waals surface area contributed by atoms with Crippen LogP contribution in [-0.2, 0) is 20.9 Å². The summed E-state index contributed by atoms with van der Waals surface area (Å²) in [4.78, 5) is 26.2. The first-order valence-electron chi connectivity index (χ1n) is 7.92. The molecule has 4 nitrogen and oxygen atoms in total. The van der Waals surface area contributed by atoms with Crippen molar-refractivity contribution in [2.45, 2.75) is 20.0 Å². The number of anilines is 1. The highest BCUT2D eigenvalue weighted by atomic mass is 35.5. The average molecular weight is 378 g/mol. The summed E-state index contributed by atoms with van der Waals surface area (Å²) in [5.74, 6) is -0.990. The second-order valence-electron chi connectivity index (χ2n) is 6.05. The van der Waals surface area contributed by atoms with Crippen LogP contribution in [0, 0.1) is 12.8 Å². The molecule has 2 aromatic rings. The molecule has 1 saturated heterocycles. The van der Waals surface area contributed by atoms with Gasteiger partial charge in [-0.25, -0.2) is 0 Å². The molecular formula is C19H17Cl2NO3. The molecule has 0 aliphatic carbocycles. The van der Waals surface area contributed by atoms with E-state index in [1.807, 2.05) is 31.2 Å². The third-order valence-electron chi connectivity index (χ3n) is 4.22. The monoisotopic (exact) mass is 377 g/mol. The van der Waals surface area contributed by atoms with Crippen LogP contribution in [0.4, 0.5) is 5.69 Å². The zero-order valence-corrected chi connectivity index (χ0v) is 15.2. The highest BCUT2D eigenvalue weighted by Crippen LogP contribution is 2.28. The topological polar surface area (TPSA) is 46.6 Å². The summed E-state index contributed by atoms with van der Waals surface area (Å²) in [5, 5.41) is 0.896. The lowest BCUT2D eigenvalue weighted by Crippen LogP contribution is -2.26. The van der Waals surface area contributed by atoms with Crippen molar-refractivity contribution in [1.82, 2.24) is 0 Å². The maximum absolute atomic E-state index is 12.3. The normalized spacial score (nSPS) is 17.0. The summed E-state index contributed by atoms with van der Waals surface area (Å²) >= 11 is 12.1. The average Bonchev–Trinajstić information content (AvgIpc) is 2.97. The van der Waals surface area contributed by atoms with Gasteiger partial charge in [0.25, 0.3) is 0 Å². The van der Waals surface area contributed by atoms with Gasteiger partial charge >= 0.3 is 5.97 Å². The minimum absolute atomic E-state index is 0.00738. The number of halogens is 2. The summed E-state index contributed by atoms with van der Waals surface area (Å²) in [5.41, 5.74) is 2.47. The molecule has 6 heteroatoms. The summed E-state index contributed by atoms with van der Waals surface area (Å²) in [6.07, 6.45) is 0.142. The molecule has 0 radical (unpaired) electrons. The molecule has 0 bridgehead atoms. The Bertz CT molecular complexity index is 785. The molecule has 1 atom stereocenters. The lowest BCUT2D eigenvalue weighted by Gasteiger charge is -2.17. The minimum Gasteiger partial charge on any atom is -0.460 e. The predicted molar refractivity (Wildman–Crippen MR) is 97.9 cm³/mol. The Hall–Kier alpha value is -2.04. The molecule has 2 aromatic carbocycles. The SMILES string of the molecule is Cc1ccc(N2C[C@@H](C(=O)OCc3c(Cl)cccc3Cl)CC2=O)cc1. The molecule has 130 valence electrons. The van der Waals surface area contributed by atoms with E-state index in [0.717, 1.165) is 11.3 Å². The van der Waals surface area contributed by atoms with Crippen LogP contribution in [0.3, 0.4) is 0 Å². The molecule has 0 unspecified atom stereocenters. The van der Waals surface area contributed by atoms with Crippen LogP contribution in [0.25, 0.3) is 0 Å². The van der Waals surface area contributed by atoms with Crippen LogP contribution in [0.15, 0.2) is 42.5 Å². The lowest BCUT2D eigenvalue weighted by atomic mass is 10.1. The quantitative estimate of drug-likeness (QED) is 0.741. The number of benzene rings is 2. The van der Waals surface area contributed by atoms with Gasteiger partial charge in [-0.05, 0) is 31.2 Å². The largest absolute Gasteiger partial charge is 0.460 e. The fourth-order valence-corrected chi connectivity index (χ4v) is 3.28. The van der Waals surface area contributed by atoms with Crippen molar-refractivity contribution in [3.63, 3.8) is 0 Å². The summed E-state index contributed by atoms with van der Waals surface area (Å²) in [7, 11) is 0. The van der Waals surface area contributed by atoms with Gasteiger partial charge in [0.15, 0.2) is 0 Å². The maximum atomic E-state index is 12.3. The maximum Gasteiger partial charge on any atom is 0.311 e. The molecule has 25 heavy (non-hydrogen) atoms. The van der Waals surface area contributed by atoms with Crippen molar-refractivity contribution in [3.05, 3.63) is 63.6 Å². The smallest absolute Gasteiger partial charge is 0.311 e. The first-order valence-corrected chi connectivity index (χ1v) is 8.68. The van der Waals surface area contributed by atoms with E-state index in [2.05, 4.69) is 0 Å². The Labute approximate surface area is 156 Å². The molecule has 1 heterocycles. The Kier molecular flexibility index (Phi) is 5.30. The number of aryl methyl sites for hydroxylation is 1. The van der Waals surface area contributed by atoms with Crippen LogP contribution in [0.2, 0.25) is 10.0 Å². The molecule has 0 aromatic heterocycles. The Balaban J connectivity index is 1.64. The van der Waals surface area contributed by atoms with Crippen molar-refractivity contribution in [1.29, 1.82) is 0 Å². The van der Waals surface area contributed by atoms with E-state index in [0.29, 0.717) is 22.2 Å². The molecule has 0 N–H and O–H groups in total. The number of ether oxygens (including phenoxy) is 1. The standard InChI is InChI=1S/C19H17Cl2NO3/c1-12-5-7-14(8-6-12)22-10-13(9-18(22)23)19(24)25-11-15-16(20)3-2-4-17(15)21/h2-8,13H,9-11H2,1H3/t13-/m0/s1. The molecular weight excluding hydrogens is 361 g/mol. The number of esters is 1. The highest BCUT2D eigenvalue weighted by Gasteiger charge is 2.36. The van der Waals surface area contributed by atoms with E-state index in [1.165, 1.54) is 0 Å². The number of rotatable bonds is 4. The van der Waals surface area contributed by atoms with Crippen molar-refractivity contribution in [3.8, 4) is 0 Å². The number of nitrogens with zero attached hydrogens (tertiary/aromatic N) is 1. The summed E-state index contributed by atoms with van der Waals surface area (Å²) in [6.45, 7) is 2.29. The second-order valence-corrected chi connectivity index (χ2v) is 6.86. The van der Waals surface area contributed by atoms with E-state index < -0.39 is 11.9 Å². The van der Waals surface area contributed by atoms with Gasteiger partial charge in [-0.1, -0.05) is 47.0 Å². The predicted octanol–water partition coefficient (Wildman–Crippen LogP) is 4.40. The van der Waals surface area contributed by atoms with Crippen molar-refractivity contribution in [2.24, 2.45) is 5.92 Å². The van der Waals surface area contributed by atoms with Gasteiger partial charge in [0.05, 0.1) is 5.92 Å². The molecule has 1 aliphatic rings. The van der Waals surface area contributed by atoms with Crippen LogP contribution >= 0.6 is 23.2 Å². The third kappa shape index (κ3) is 3.97. The van der Waals surface area contributed by atoms with Gasteiger partial charge < -0.3 is 9.64 Å². The first kappa shape index (κ1) is 17.8. The summed E-state index contributed by atoms with van der Waals surface area (Å²) in [6, 6.07) is 12.7. The number of carbonyl (C=O) groups is 2. The molecule has 0 spiro atoms. The lowest BCUT2D eigenvalue weighted by molar-refractivity contribution is -0.149. The fraction of sp³-hybridized carbons (Fsp3) is 0.263. The number of hydrogen-bond acceptors (Lipinski definition) is 3. The first-order chi connectivity index (χ1) is 12.0. The van der Waals surface area contributed by atoms with Crippen molar-refractivity contribution >= 4 is 40.8 Å². The number of hydrogen-bond donors (Lipinski definition) is 0. The fourth-order valence-electron chi connectivity index (χ4n) is 2.77. The van der Waals surface area contributed by atoms with Crippen molar-refractivity contribution < 1.29 is 14.3 Å². The minimum atomic E-state index is -0.491. The van der Waals surface area contributed by atoms with E-state index >= 15 is 0 Å². The van der Waals surface area contributed by atoms with Gasteiger partial charge in [0, 0.05) is 34.3 Å². The number of carbonyl (C=O) groups excluding carboxylic acids is 2. The Morgan fingerprint density at radius 2 is 1.80 bits per heavy atom. The third-order valence-corrected chi connectivity index (χ3v) is 4.93. The second kappa shape index (κ2) is 7.46. The highest BCUT2D eigenvalue weighted by molar-refractivity contribution is 6.35. The van der Waals surface area contributed by atoms with Gasteiger partial charge in [-0.3, -0.25) is 9.59 Å². The summed E-state index contributed by atoms with van der Waals surface area (Å²) < 4.78 is 5.34. The van der Waals surface area contributed by atoms with E-state index in [4.69, 9.17) is 27.9 Å². The molecule has 0 saturated carbocycles. The van der Waals surface area contributed by atoms with Crippen LogP contribution in [-0.4, -0.2) is 18.4 Å². The van der Waals surface area contributed by atoms with Crippen LogP contribution in [0.5, 0.6) is 0 Å². The van der Waals surface area contributed by atoms with Gasteiger partial charge in [-0.2, -0.15) is 0 Å². The number of amides is 1. The zero-order valence-electron chi connectivity index (χ0n) is 13.7. The van der Waals surface area contributed by atoms with Gasteiger partial charge in [0.2, 0.25) is 5.91 Å². The van der Waals surface area contributed by atoms with Gasteiger partial charge in [-0.15, -0.1) is 0 Å². The van der Waals surface area contributed by atoms with Crippen LogP contribution in [0.1, 0.15) is 17.5 Å².